The Kier molecular flexibility index (Phi) is 5.55. The van der Waals surface area contributed by atoms with E-state index in [2.05, 4.69) is 5.32 Å². The molecule has 1 aliphatic rings. The third-order valence-corrected chi connectivity index (χ3v) is 6.88. The van der Waals surface area contributed by atoms with Crippen LogP contribution >= 0.6 is 0 Å². The van der Waals surface area contributed by atoms with E-state index >= 15 is 0 Å². The Balaban J connectivity index is 1.53. The lowest BCUT2D eigenvalue weighted by Gasteiger charge is -2.31. The summed E-state index contributed by atoms with van der Waals surface area (Å²) in [6, 6.07) is 19.4. The summed E-state index contributed by atoms with van der Waals surface area (Å²) in [5, 5.41) is 2.84. The lowest BCUT2D eigenvalue weighted by Crippen LogP contribution is -2.35. The number of rotatable bonds is 5. The van der Waals surface area contributed by atoms with Crippen LogP contribution in [0.5, 0.6) is 0 Å². The van der Waals surface area contributed by atoms with Crippen molar-refractivity contribution in [2.24, 2.45) is 0 Å². The van der Waals surface area contributed by atoms with Gasteiger partial charge in [-0.3, -0.25) is 9.10 Å². The molecule has 0 saturated carbocycles. The van der Waals surface area contributed by atoms with E-state index in [9.17, 15) is 17.6 Å². The molecule has 1 N–H and O–H groups in total. The van der Waals surface area contributed by atoms with E-state index in [4.69, 9.17) is 0 Å². The van der Waals surface area contributed by atoms with E-state index < -0.39 is 10.0 Å². The Labute approximate surface area is 175 Å². The molecule has 1 aliphatic heterocycles. The number of carbonyl (C=O) groups excluding carboxylic acids is 1. The second-order valence-electron chi connectivity index (χ2n) is 7.19. The van der Waals surface area contributed by atoms with Crippen molar-refractivity contribution in [2.75, 3.05) is 16.2 Å². The maximum absolute atomic E-state index is 13.1. The number of nitrogens with one attached hydrogen (secondary N) is 1. The normalized spacial score (nSPS) is 13.6. The highest BCUT2D eigenvalue weighted by molar-refractivity contribution is 7.92. The Morgan fingerprint density at radius 2 is 1.73 bits per heavy atom. The third kappa shape index (κ3) is 4.21. The fourth-order valence-corrected chi connectivity index (χ4v) is 5.16. The van der Waals surface area contributed by atoms with Gasteiger partial charge in [0.25, 0.3) is 10.0 Å². The predicted molar refractivity (Wildman–Crippen MR) is 114 cm³/mol. The van der Waals surface area contributed by atoms with Crippen molar-refractivity contribution in [2.45, 2.75) is 24.2 Å². The fraction of sp³-hybridized carbons (Fsp3) is 0.174. The van der Waals surface area contributed by atoms with Crippen LogP contribution in [0.3, 0.4) is 0 Å². The molecule has 0 bridgehead atoms. The molecule has 0 radical (unpaired) electrons. The first-order chi connectivity index (χ1) is 14.4. The molecular formula is C23H21FN2O3S. The van der Waals surface area contributed by atoms with Gasteiger partial charge in [-0.15, -0.1) is 0 Å². The van der Waals surface area contributed by atoms with E-state index in [1.165, 1.54) is 16.4 Å². The van der Waals surface area contributed by atoms with Crippen molar-refractivity contribution in [3.8, 4) is 0 Å². The Hall–Kier alpha value is -3.19. The highest BCUT2D eigenvalue weighted by atomic mass is 32.2. The highest BCUT2D eigenvalue weighted by Gasteiger charge is 2.29. The van der Waals surface area contributed by atoms with Gasteiger partial charge in [0.2, 0.25) is 5.91 Å². The molecule has 0 saturated heterocycles. The maximum atomic E-state index is 13.1. The molecule has 30 heavy (non-hydrogen) atoms. The SMILES string of the molecule is O=C(Cc1ccc(F)cc1)Nc1ccc2c(c1)CCCN2S(=O)(=O)c1ccccc1. The molecule has 154 valence electrons. The Bertz CT molecular complexity index is 1160. The lowest BCUT2D eigenvalue weighted by molar-refractivity contribution is -0.115. The molecule has 0 aliphatic carbocycles. The van der Waals surface area contributed by atoms with Crippen molar-refractivity contribution in [3.05, 3.63) is 89.7 Å². The van der Waals surface area contributed by atoms with Crippen molar-refractivity contribution < 1.29 is 17.6 Å². The van der Waals surface area contributed by atoms with Crippen LogP contribution in [0, 0.1) is 5.82 Å². The molecule has 7 heteroatoms. The average molecular weight is 424 g/mol. The topological polar surface area (TPSA) is 66.5 Å². The van der Waals surface area contributed by atoms with Crippen LogP contribution < -0.4 is 9.62 Å². The van der Waals surface area contributed by atoms with Gasteiger partial charge in [0.1, 0.15) is 5.82 Å². The molecule has 0 fully saturated rings. The Morgan fingerprint density at radius 3 is 2.47 bits per heavy atom. The molecule has 0 aromatic heterocycles. The summed E-state index contributed by atoms with van der Waals surface area (Å²) in [6.45, 7) is 0.417. The number of sulfonamides is 1. The van der Waals surface area contributed by atoms with Gasteiger partial charge in [-0.25, -0.2) is 12.8 Å². The van der Waals surface area contributed by atoms with Crippen LogP contribution in [0.1, 0.15) is 17.5 Å². The van der Waals surface area contributed by atoms with E-state index in [1.54, 1.807) is 54.6 Å². The highest BCUT2D eigenvalue weighted by Crippen LogP contribution is 2.33. The van der Waals surface area contributed by atoms with Gasteiger partial charge in [-0.2, -0.15) is 0 Å². The summed E-state index contributed by atoms with van der Waals surface area (Å²) in [5.74, 6) is -0.560. The van der Waals surface area contributed by atoms with E-state index in [1.807, 2.05) is 6.07 Å². The molecule has 1 heterocycles. The zero-order valence-electron chi connectivity index (χ0n) is 16.2. The minimum atomic E-state index is -3.64. The van der Waals surface area contributed by atoms with Crippen molar-refractivity contribution in [3.63, 3.8) is 0 Å². The zero-order valence-corrected chi connectivity index (χ0v) is 17.0. The summed E-state index contributed by atoms with van der Waals surface area (Å²) >= 11 is 0. The summed E-state index contributed by atoms with van der Waals surface area (Å²) in [5.41, 5.74) is 2.84. The van der Waals surface area contributed by atoms with Crippen molar-refractivity contribution >= 4 is 27.3 Å². The largest absolute Gasteiger partial charge is 0.326 e. The molecule has 0 spiro atoms. The van der Waals surface area contributed by atoms with E-state index in [-0.39, 0.29) is 23.0 Å². The van der Waals surface area contributed by atoms with Gasteiger partial charge in [-0.05, 0) is 66.4 Å². The number of hydrogen-bond donors (Lipinski definition) is 1. The molecule has 3 aromatic rings. The van der Waals surface area contributed by atoms with Gasteiger partial charge in [-0.1, -0.05) is 30.3 Å². The Morgan fingerprint density at radius 1 is 1.00 bits per heavy atom. The minimum Gasteiger partial charge on any atom is -0.326 e. The summed E-state index contributed by atoms with van der Waals surface area (Å²) in [6.07, 6.45) is 1.57. The average Bonchev–Trinajstić information content (AvgIpc) is 2.75. The number of fused-ring (bicyclic) bond motifs is 1. The monoisotopic (exact) mass is 424 g/mol. The lowest BCUT2D eigenvalue weighted by atomic mass is 10.0. The van der Waals surface area contributed by atoms with E-state index in [0.29, 0.717) is 29.9 Å². The van der Waals surface area contributed by atoms with Crippen LogP contribution in [0.2, 0.25) is 0 Å². The quantitative estimate of drug-likeness (QED) is 0.669. The van der Waals surface area contributed by atoms with Gasteiger partial charge in [0.15, 0.2) is 0 Å². The van der Waals surface area contributed by atoms with Gasteiger partial charge in [0, 0.05) is 12.2 Å². The van der Waals surface area contributed by atoms with Crippen LogP contribution in [0.4, 0.5) is 15.8 Å². The molecular weight excluding hydrogens is 403 g/mol. The van der Waals surface area contributed by atoms with Crippen LogP contribution in [-0.4, -0.2) is 20.9 Å². The van der Waals surface area contributed by atoms with Crippen molar-refractivity contribution in [1.29, 1.82) is 0 Å². The van der Waals surface area contributed by atoms with E-state index in [0.717, 1.165) is 12.0 Å². The zero-order chi connectivity index (χ0) is 21.1. The summed E-state index contributed by atoms with van der Waals surface area (Å²) < 4.78 is 40.6. The number of nitrogens with zero attached hydrogens (tertiary/aromatic N) is 1. The first-order valence-electron chi connectivity index (χ1n) is 9.68. The maximum Gasteiger partial charge on any atom is 0.264 e. The third-order valence-electron chi connectivity index (χ3n) is 5.05. The smallest absolute Gasteiger partial charge is 0.264 e. The summed E-state index contributed by atoms with van der Waals surface area (Å²) in [7, 11) is -3.64. The number of halogens is 1. The van der Waals surface area contributed by atoms with Crippen LogP contribution in [0.25, 0.3) is 0 Å². The number of hydrogen-bond acceptors (Lipinski definition) is 3. The van der Waals surface area contributed by atoms with Gasteiger partial charge < -0.3 is 5.32 Å². The first-order valence-corrected chi connectivity index (χ1v) is 11.1. The molecule has 4 rings (SSSR count). The molecule has 1 amide bonds. The van der Waals surface area contributed by atoms with Crippen molar-refractivity contribution in [1.82, 2.24) is 0 Å². The van der Waals surface area contributed by atoms with Gasteiger partial charge >= 0.3 is 0 Å². The fourth-order valence-electron chi connectivity index (χ4n) is 3.60. The molecule has 5 nitrogen and oxygen atoms in total. The second-order valence-corrected chi connectivity index (χ2v) is 9.05. The summed E-state index contributed by atoms with van der Waals surface area (Å²) in [4.78, 5) is 12.6. The predicted octanol–water partition coefficient (Wildman–Crippen LogP) is 4.15. The standard InChI is InChI=1S/C23H21FN2O3S/c24-19-10-8-17(9-11-19)15-23(27)25-20-12-13-22-18(16-20)5-4-14-26(22)30(28,29)21-6-2-1-3-7-21/h1-3,6-13,16H,4-5,14-15H2,(H,25,27). The molecule has 3 aromatic carbocycles. The van der Waals surface area contributed by atoms with Gasteiger partial charge in [0.05, 0.1) is 17.0 Å². The minimum absolute atomic E-state index is 0.131. The number of benzene rings is 3. The van der Waals surface area contributed by atoms with Crippen LogP contribution in [0.15, 0.2) is 77.7 Å². The number of anilines is 2. The molecule has 0 atom stereocenters. The number of aryl methyl sites for hydroxylation is 1. The first kappa shape index (κ1) is 20.1. The number of carbonyl (C=O) groups is 1. The van der Waals surface area contributed by atoms with Crippen LogP contribution in [-0.2, 0) is 27.7 Å². The molecule has 0 unspecified atom stereocenters. The number of amides is 1. The second kappa shape index (κ2) is 8.28.